The molecule has 178 valence electrons. The van der Waals surface area contributed by atoms with Crippen molar-refractivity contribution in [3.05, 3.63) is 87.7 Å². The van der Waals surface area contributed by atoms with E-state index in [1.54, 1.807) is 11.9 Å². The van der Waals surface area contributed by atoms with E-state index in [0.717, 1.165) is 39.3 Å². The molecular formula is C28H27N3O3S. The molecule has 2 N–H and O–H groups in total. The van der Waals surface area contributed by atoms with Gasteiger partial charge in [0.05, 0.1) is 23.4 Å². The zero-order chi connectivity index (χ0) is 24.9. The van der Waals surface area contributed by atoms with Gasteiger partial charge in [-0.25, -0.2) is 4.79 Å². The number of amides is 1. The van der Waals surface area contributed by atoms with E-state index in [-0.39, 0.29) is 18.5 Å². The molecule has 1 aromatic heterocycles. The molecule has 0 saturated carbocycles. The molecule has 0 unspecified atom stereocenters. The highest BCUT2D eigenvalue weighted by molar-refractivity contribution is 7.97. The van der Waals surface area contributed by atoms with Crippen molar-refractivity contribution in [1.29, 1.82) is 0 Å². The minimum absolute atomic E-state index is 0.148. The van der Waals surface area contributed by atoms with Gasteiger partial charge in [0.25, 0.3) is 5.91 Å². The van der Waals surface area contributed by atoms with E-state index in [2.05, 4.69) is 40.2 Å². The summed E-state index contributed by atoms with van der Waals surface area (Å²) in [4.78, 5) is 30.0. The van der Waals surface area contributed by atoms with Crippen LogP contribution in [-0.4, -0.2) is 34.3 Å². The fraction of sp³-hybridized carbons (Fsp3) is 0.214. The van der Waals surface area contributed by atoms with Gasteiger partial charge in [0, 0.05) is 33.1 Å². The van der Waals surface area contributed by atoms with Gasteiger partial charge >= 0.3 is 5.97 Å². The number of aromatic amines is 1. The lowest BCUT2D eigenvalue weighted by Gasteiger charge is -2.17. The molecule has 0 saturated heterocycles. The Morgan fingerprint density at radius 3 is 2.63 bits per heavy atom. The Hall–Kier alpha value is -3.71. The number of nitrogens with one attached hydrogen (secondary N) is 2. The summed E-state index contributed by atoms with van der Waals surface area (Å²) in [5.41, 5.74) is 9.28. The SMILES string of the molecule is C=C1c2c(C)cccc2SN1CCOC(=O)c1c(C)[nH]c(/C=C2\C(=O)Nc3c(C)cccc32)c1C. The first-order valence-electron chi connectivity index (χ1n) is 11.5. The smallest absolute Gasteiger partial charge is 0.340 e. The average molecular weight is 486 g/mol. The number of hydrogen-bond donors (Lipinski definition) is 2. The Kier molecular flexibility index (Phi) is 5.81. The number of H-pyrrole nitrogens is 1. The summed E-state index contributed by atoms with van der Waals surface area (Å²) in [6.07, 6.45) is 1.81. The second-order valence-corrected chi connectivity index (χ2v) is 9.96. The summed E-state index contributed by atoms with van der Waals surface area (Å²) < 4.78 is 7.72. The van der Waals surface area contributed by atoms with Gasteiger partial charge in [0.15, 0.2) is 0 Å². The van der Waals surface area contributed by atoms with Gasteiger partial charge in [0.2, 0.25) is 0 Å². The fourth-order valence-electron chi connectivity index (χ4n) is 4.73. The molecular weight excluding hydrogens is 458 g/mol. The lowest BCUT2D eigenvalue weighted by atomic mass is 10.0. The molecule has 0 bridgehead atoms. The lowest BCUT2D eigenvalue weighted by molar-refractivity contribution is -0.110. The zero-order valence-electron chi connectivity index (χ0n) is 20.2. The summed E-state index contributed by atoms with van der Waals surface area (Å²) >= 11 is 1.62. The van der Waals surface area contributed by atoms with E-state index in [4.69, 9.17) is 4.74 Å². The van der Waals surface area contributed by atoms with Gasteiger partial charge in [-0.3, -0.25) is 4.79 Å². The largest absolute Gasteiger partial charge is 0.460 e. The maximum absolute atomic E-state index is 13.0. The number of aryl methyl sites for hydroxylation is 3. The molecule has 0 spiro atoms. The quantitative estimate of drug-likeness (QED) is 0.268. The summed E-state index contributed by atoms with van der Waals surface area (Å²) in [5, 5.41) is 2.94. The highest BCUT2D eigenvalue weighted by Crippen LogP contribution is 2.43. The van der Waals surface area contributed by atoms with Crippen molar-refractivity contribution in [3.8, 4) is 0 Å². The third kappa shape index (κ3) is 3.96. The van der Waals surface area contributed by atoms with Crippen LogP contribution in [0.15, 0.2) is 47.9 Å². The molecule has 3 aromatic rings. The van der Waals surface area contributed by atoms with E-state index in [1.807, 2.05) is 51.1 Å². The van der Waals surface area contributed by atoms with Crippen molar-refractivity contribution in [1.82, 2.24) is 9.29 Å². The summed E-state index contributed by atoms with van der Waals surface area (Å²) in [6.45, 7) is 12.8. The first-order chi connectivity index (χ1) is 16.8. The van der Waals surface area contributed by atoms with E-state index in [9.17, 15) is 9.59 Å². The van der Waals surface area contributed by atoms with Crippen LogP contribution in [0.25, 0.3) is 17.3 Å². The number of aromatic nitrogens is 1. The number of ether oxygens (including phenoxy) is 1. The number of rotatable bonds is 5. The van der Waals surface area contributed by atoms with E-state index < -0.39 is 0 Å². The van der Waals surface area contributed by atoms with Crippen LogP contribution >= 0.6 is 11.9 Å². The number of benzene rings is 2. The van der Waals surface area contributed by atoms with Gasteiger partial charge in [-0.1, -0.05) is 36.9 Å². The van der Waals surface area contributed by atoms with Gasteiger partial charge in [-0.2, -0.15) is 0 Å². The maximum Gasteiger partial charge on any atom is 0.340 e. The van der Waals surface area contributed by atoms with Crippen LogP contribution in [-0.2, 0) is 9.53 Å². The number of carbonyl (C=O) groups excluding carboxylic acids is 2. The van der Waals surface area contributed by atoms with E-state index in [0.29, 0.717) is 23.4 Å². The molecule has 6 nitrogen and oxygen atoms in total. The van der Waals surface area contributed by atoms with Crippen LogP contribution in [0.1, 0.15) is 49.6 Å². The zero-order valence-corrected chi connectivity index (χ0v) is 21.1. The average Bonchev–Trinajstić information content (AvgIpc) is 3.41. The Bertz CT molecular complexity index is 1430. The molecule has 5 rings (SSSR count). The highest BCUT2D eigenvalue weighted by atomic mass is 32.2. The van der Waals surface area contributed by atoms with Crippen LogP contribution in [0.4, 0.5) is 5.69 Å². The topological polar surface area (TPSA) is 74.4 Å². The van der Waals surface area contributed by atoms with Crippen LogP contribution in [0.5, 0.6) is 0 Å². The third-order valence-electron chi connectivity index (χ3n) is 6.58. The van der Waals surface area contributed by atoms with Crippen molar-refractivity contribution in [2.45, 2.75) is 32.6 Å². The molecule has 0 fully saturated rings. The molecule has 35 heavy (non-hydrogen) atoms. The van der Waals surface area contributed by atoms with Crippen molar-refractivity contribution in [3.63, 3.8) is 0 Å². The predicted molar refractivity (Wildman–Crippen MR) is 141 cm³/mol. The predicted octanol–water partition coefficient (Wildman–Crippen LogP) is 5.89. The number of anilines is 1. The van der Waals surface area contributed by atoms with Gasteiger partial charge in [-0.15, -0.1) is 0 Å². The second-order valence-electron chi connectivity index (χ2n) is 8.90. The lowest BCUT2D eigenvalue weighted by Crippen LogP contribution is -2.19. The molecule has 7 heteroatoms. The first-order valence-corrected chi connectivity index (χ1v) is 12.3. The van der Waals surface area contributed by atoms with Crippen LogP contribution in [0.2, 0.25) is 0 Å². The molecule has 3 heterocycles. The van der Waals surface area contributed by atoms with E-state index in [1.165, 1.54) is 10.5 Å². The molecule has 1 amide bonds. The van der Waals surface area contributed by atoms with Crippen molar-refractivity contribution >= 4 is 46.9 Å². The molecule has 0 radical (unpaired) electrons. The van der Waals surface area contributed by atoms with Gasteiger partial charge < -0.3 is 19.3 Å². The fourth-order valence-corrected chi connectivity index (χ4v) is 5.85. The van der Waals surface area contributed by atoms with Crippen molar-refractivity contribution in [2.75, 3.05) is 18.5 Å². The standard InChI is InChI=1S/C28H27N3O3S/c1-15-8-7-11-23-24(15)19(5)31(35-23)12-13-34-28(33)25-17(3)22(29-18(25)4)14-21-20-10-6-9-16(2)26(20)30-27(21)32/h6-11,14,29H,5,12-13H2,1-4H3,(H,30,32)/b21-14-. The maximum atomic E-state index is 13.0. The summed E-state index contributed by atoms with van der Waals surface area (Å²) in [5.74, 6) is -0.527. The number of esters is 1. The van der Waals surface area contributed by atoms with E-state index >= 15 is 0 Å². The van der Waals surface area contributed by atoms with Crippen LogP contribution in [0.3, 0.4) is 0 Å². The normalized spacial score (nSPS) is 15.4. The monoisotopic (exact) mass is 485 g/mol. The van der Waals surface area contributed by atoms with Crippen LogP contribution < -0.4 is 5.32 Å². The highest BCUT2D eigenvalue weighted by Gasteiger charge is 2.28. The Labute approximate surface area is 209 Å². The minimum Gasteiger partial charge on any atom is -0.460 e. The Balaban J connectivity index is 1.30. The molecule has 2 aliphatic rings. The third-order valence-corrected chi connectivity index (χ3v) is 7.74. The van der Waals surface area contributed by atoms with Gasteiger partial charge in [-0.05, 0) is 68.5 Å². The van der Waals surface area contributed by atoms with Crippen LogP contribution in [0, 0.1) is 27.7 Å². The first kappa shape index (κ1) is 23.1. The van der Waals surface area contributed by atoms with Crippen molar-refractivity contribution < 1.29 is 14.3 Å². The number of hydrogen-bond acceptors (Lipinski definition) is 5. The van der Waals surface area contributed by atoms with Gasteiger partial charge in [0.1, 0.15) is 6.61 Å². The number of carbonyl (C=O) groups is 2. The second kappa shape index (κ2) is 8.82. The molecule has 2 aromatic carbocycles. The number of nitrogens with zero attached hydrogens (tertiary/aromatic N) is 1. The van der Waals surface area contributed by atoms with Crippen molar-refractivity contribution in [2.24, 2.45) is 0 Å². The number of fused-ring (bicyclic) bond motifs is 2. The molecule has 2 aliphatic heterocycles. The molecule has 0 aliphatic carbocycles. The molecule has 0 atom stereocenters. The minimum atomic E-state index is -0.378. The Morgan fingerprint density at radius 2 is 1.86 bits per heavy atom. The Morgan fingerprint density at radius 1 is 1.11 bits per heavy atom. The number of para-hydroxylation sites is 1. The summed E-state index contributed by atoms with van der Waals surface area (Å²) in [7, 11) is 0. The summed E-state index contributed by atoms with van der Waals surface area (Å²) in [6, 6.07) is 12.0.